The number of hydrazone groups is 1. The van der Waals surface area contributed by atoms with Gasteiger partial charge in [0.15, 0.2) is 0 Å². The van der Waals surface area contributed by atoms with E-state index in [1.165, 1.54) is 18.9 Å². The van der Waals surface area contributed by atoms with Crippen molar-refractivity contribution in [2.75, 3.05) is 26.7 Å². The van der Waals surface area contributed by atoms with E-state index in [0.717, 1.165) is 11.3 Å². The third kappa shape index (κ3) is 7.52. The number of fused-ring (bicyclic) bond motifs is 1. The Balaban J connectivity index is 1.56. The molecule has 4 amide bonds. The normalized spacial score (nSPS) is 19.2. The number of nitrogens with zero attached hydrogens (tertiary/aromatic N) is 3. The number of ether oxygens (including phenoxy) is 2. The lowest BCUT2D eigenvalue weighted by Crippen LogP contribution is -2.63. The lowest BCUT2D eigenvalue weighted by atomic mass is 9.73. The van der Waals surface area contributed by atoms with Gasteiger partial charge in [0.25, 0.3) is 5.91 Å². The summed E-state index contributed by atoms with van der Waals surface area (Å²) in [6.07, 6.45) is 0.0514. The molecule has 0 radical (unpaired) electrons. The topological polar surface area (TPSA) is 130 Å². The largest absolute Gasteiger partial charge is 0.491 e. The third-order valence-corrected chi connectivity index (χ3v) is 7.41. The van der Waals surface area contributed by atoms with Gasteiger partial charge in [-0.3, -0.25) is 14.4 Å². The fraction of sp³-hybridized carbons (Fsp3) is 0.469. The van der Waals surface area contributed by atoms with Crippen LogP contribution >= 0.6 is 0 Å². The SMILES string of the molecule is CN1N=C2CCN(C(=O)C(COc3ccccc3)NC(=O)C(C)(C)NC(=O)OC(C)(C)C)C[C@@]2(Cc2ccccc2)C1=O. The van der Waals surface area contributed by atoms with Crippen molar-refractivity contribution in [3.8, 4) is 5.75 Å². The number of piperidine rings is 1. The zero-order valence-corrected chi connectivity index (χ0v) is 25.7. The van der Waals surface area contributed by atoms with Crippen LogP contribution in [0.25, 0.3) is 0 Å². The van der Waals surface area contributed by atoms with E-state index in [9.17, 15) is 19.2 Å². The molecule has 11 heteroatoms. The molecule has 1 saturated heterocycles. The summed E-state index contributed by atoms with van der Waals surface area (Å²) in [5.74, 6) is -0.635. The summed E-state index contributed by atoms with van der Waals surface area (Å²) < 4.78 is 11.2. The van der Waals surface area contributed by atoms with E-state index in [2.05, 4.69) is 15.7 Å². The summed E-state index contributed by atoms with van der Waals surface area (Å²) in [6, 6.07) is 17.5. The van der Waals surface area contributed by atoms with E-state index in [0.29, 0.717) is 25.1 Å². The van der Waals surface area contributed by atoms with Crippen LogP contribution in [0.15, 0.2) is 65.8 Å². The number of amides is 4. The first-order valence-corrected chi connectivity index (χ1v) is 14.4. The highest BCUT2D eigenvalue weighted by Crippen LogP contribution is 2.38. The molecule has 1 fully saturated rings. The number of carbonyl (C=O) groups excluding carboxylic acids is 4. The van der Waals surface area contributed by atoms with E-state index in [-0.39, 0.29) is 19.1 Å². The average Bonchev–Trinajstić information content (AvgIpc) is 3.18. The van der Waals surface area contributed by atoms with Crippen LogP contribution < -0.4 is 15.4 Å². The summed E-state index contributed by atoms with van der Waals surface area (Å²) in [7, 11) is 1.63. The lowest BCUT2D eigenvalue weighted by molar-refractivity contribution is -0.143. The van der Waals surface area contributed by atoms with E-state index >= 15 is 0 Å². The molecule has 1 unspecified atom stereocenters. The number of hydrogen-bond acceptors (Lipinski definition) is 7. The molecule has 43 heavy (non-hydrogen) atoms. The highest BCUT2D eigenvalue weighted by atomic mass is 16.6. The molecular weight excluding hydrogens is 550 g/mol. The highest BCUT2D eigenvalue weighted by Gasteiger charge is 2.54. The molecular formula is C32H41N5O6. The lowest BCUT2D eigenvalue weighted by Gasteiger charge is -2.41. The van der Waals surface area contributed by atoms with Gasteiger partial charge in [-0.05, 0) is 58.7 Å². The van der Waals surface area contributed by atoms with Gasteiger partial charge in [-0.1, -0.05) is 48.5 Å². The second-order valence-electron chi connectivity index (χ2n) is 12.5. The molecule has 230 valence electrons. The second kappa shape index (κ2) is 12.4. The Bertz CT molecular complexity index is 1370. The van der Waals surface area contributed by atoms with Gasteiger partial charge in [0.2, 0.25) is 11.8 Å². The highest BCUT2D eigenvalue weighted by molar-refractivity contribution is 6.13. The van der Waals surface area contributed by atoms with Crippen LogP contribution in [0.2, 0.25) is 0 Å². The quantitative estimate of drug-likeness (QED) is 0.461. The third-order valence-electron chi connectivity index (χ3n) is 7.41. The molecule has 2 aliphatic rings. The molecule has 2 aliphatic heterocycles. The summed E-state index contributed by atoms with van der Waals surface area (Å²) in [5, 5.41) is 11.2. The van der Waals surface area contributed by atoms with Crippen molar-refractivity contribution in [2.45, 2.75) is 64.6 Å². The van der Waals surface area contributed by atoms with E-state index in [1.807, 2.05) is 36.4 Å². The van der Waals surface area contributed by atoms with Gasteiger partial charge in [0.05, 0.1) is 5.71 Å². The molecule has 2 heterocycles. The number of hydrogen-bond donors (Lipinski definition) is 2. The van der Waals surface area contributed by atoms with Crippen molar-refractivity contribution in [3.05, 3.63) is 66.2 Å². The maximum Gasteiger partial charge on any atom is 0.408 e. The fourth-order valence-corrected chi connectivity index (χ4v) is 5.26. The number of rotatable bonds is 9. The minimum atomic E-state index is -1.41. The van der Waals surface area contributed by atoms with E-state index < -0.39 is 40.5 Å². The van der Waals surface area contributed by atoms with Gasteiger partial charge < -0.3 is 25.0 Å². The van der Waals surface area contributed by atoms with Crippen molar-refractivity contribution in [1.29, 1.82) is 0 Å². The Morgan fingerprint density at radius 2 is 1.63 bits per heavy atom. The Morgan fingerprint density at radius 3 is 2.26 bits per heavy atom. The summed E-state index contributed by atoms with van der Waals surface area (Å²) in [4.78, 5) is 55.2. The first-order valence-electron chi connectivity index (χ1n) is 14.4. The van der Waals surface area contributed by atoms with Crippen LogP contribution in [-0.4, -0.2) is 83.4 Å². The minimum absolute atomic E-state index is 0.111. The first-order chi connectivity index (χ1) is 20.2. The predicted octanol–water partition coefficient (Wildman–Crippen LogP) is 3.14. The second-order valence-corrected chi connectivity index (χ2v) is 12.5. The molecule has 2 N–H and O–H groups in total. The van der Waals surface area contributed by atoms with Gasteiger partial charge in [0.1, 0.15) is 35.0 Å². The number of para-hydroxylation sites is 1. The number of alkyl carbamates (subject to hydrolysis) is 1. The average molecular weight is 592 g/mol. The summed E-state index contributed by atoms with van der Waals surface area (Å²) >= 11 is 0. The Labute approximate surface area is 252 Å². The zero-order chi connectivity index (χ0) is 31.4. The van der Waals surface area contributed by atoms with Crippen LogP contribution in [-0.2, 0) is 25.5 Å². The number of carbonyl (C=O) groups is 4. The maximum absolute atomic E-state index is 14.1. The molecule has 11 nitrogen and oxygen atoms in total. The maximum atomic E-state index is 14.1. The van der Waals surface area contributed by atoms with Crippen molar-refractivity contribution in [1.82, 2.24) is 20.5 Å². The van der Waals surface area contributed by atoms with Gasteiger partial charge in [-0.2, -0.15) is 5.10 Å². The Hall–Kier alpha value is -4.41. The molecule has 2 atom stereocenters. The van der Waals surface area contributed by atoms with Gasteiger partial charge in [0, 0.05) is 26.6 Å². The smallest absolute Gasteiger partial charge is 0.408 e. The zero-order valence-electron chi connectivity index (χ0n) is 25.7. The van der Waals surface area contributed by atoms with E-state index in [1.54, 1.807) is 57.0 Å². The molecule has 0 aromatic heterocycles. The van der Waals surface area contributed by atoms with Crippen molar-refractivity contribution < 1.29 is 28.7 Å². The molecule has 0 saturated carbocycles. The Morgan fingerprint density at radius 1 is 1.00 bits per heavy atom. The minimum Gasteiger partial charge on any atom is -0.491 e. The monoisotopic (exact) mass is 591 g/mol. The molecule has 0 spiro atoms. The number of likely N-dealkylation sites (tertiary alicyclic amines) is 1. The van der Waals surface area contributed by atoms with E-state index in [4.69, 9.17) is 9.47 Å². The van der Waals surface area contributed by atoms with Crippen molar-refractivity contribution >= 4 is 29.5 Å². The molecule has 2 aromatic rings. The molecule has 0 aliphatic carbocycles. The van der Waals surface area contributed by atoms with Crippen LogP contribution in [0, 0.1) is 5.41 Å². The van der Waals surface area contributed by atoms with Crippen LogP contribution in [0.5, 0.6) is 5.75 Å². The van der Waals surface area contributed by atoms with Crippen molar-refractivity contribution in [3.63, 3.8) is 0 Å². The van der Waals surface area contributed by atoms with Gasteiger partial charge in [-0.25, -0.2) is 9.80 Å². The first kappa shape index (κ1) is 31.5. The standard InChI is InChI=1S/C32H41N5O6/c1-30(2,3)43-29(41)34-31(4,5)27(39)33-24(20-42-23-15-11-8-12-16-23)26(38)37-18-17-25-32(21-37,28(40)36(6)35-25)19-22-13-9-7-10-14-22/h7-16,24H,17-21H2,1-6H3,(H,33,39)(H,34,41)/t24?,32-/m1/s1. The van der Waals surface area contributed by atoms with Crippen LogP contribution in [0.1, 0.15) is 46.6 Å². The molecule has 0 bridgehead atoms. The van der Waals surface area contributed by atoms with Gasteiger partial charge in [-0.15, -0.1) is 0 Å². The summed E-state index contributed by atoms with van der Waals surface area (Å²) in [6.45, 7) is 8.50. The predicted molar refractivity (Wildman–Crippen MR) is 161 cm³/mol. The number of benzene rings is 2. The van der Waals surface area contributed by atoms with Crippen LogP contribution in [0.4, 0.5) is 4.79 Å². The summed E-state index contributed by atoms with van der Waals surface area (Å²) in [5.41, 5.74) is -1.46. The molecule has 2 aromatic carbocycles. The molecule has 4 rings (SSSR count). The van der Waals surface area contributed by atoms with Crippen LogP contribution in [0.3, 0.4) is 0 Å². The Kier molecular flexibility index (Phi) is 9.12. The fourth-order valence-electron chi connectivity index (χ4n) is 5.26. The number of nitrogens with one attached hydrogen (secondary N) is 2. The van der Waals surface area contributed by atoms with Gasteiger partial charge >= 0.3 is 6.09 Å². The van der Waals surface area contributed by atoms with Crippen molar-refractivity contribution in [2.24, 2.45) is 10.5 Å².